The Balaban J connectivity index is 1.19. The lowest BCUT2D eigenvalue weighted by atomic mass is 10.0. The Hall–Kier alpha value is -4.52. The second-order valence-electron chi connectivity index (χ2n) is 11.8. The van der Waals surface area contributed by atoms with Gasteiger partial charge < -0.3 is 10.3 Å². The Bertz CT molecular complexity index is 2120. The molecule has 4 heterocycles. The third kappa shape index (κ3) is 6.48. The van der Waals surface area contributed by atoms with E-state index in [0.717, 1.165) is 53.1 Å². The maximum atomic E-state index is 14.6. The molecular weight excluding hydrogens is 591 g/mol. The zero-order chi connectivity index (χ0) is 31.0. The predicted molar refractivity (Wildman–Crippen MR) is 173 cm³/mol. The van der Waals surface area contributed by atoms with Gasteiger partial charge in [0.25, 0.3) is 0 Å². The van der Waals surface area contributed by atoms with E-state index in [-0.39, 0.29) is 6.54 Å². The van der Waals surface area contributed by atoms with Gasteiger partial charge in [-0.1, -0.05) is 25.0 Å². The molecule has 0 unspecified atom stereocenters. The number of nitrogens with one attached hydrogen (secondary N) is 4. The van der Waals surface area contributed by atoms with Gasteiger partial charge in [-0.15, -0.1) is 0 Å². The fourth-order valence-corrected chi connectivity index (χ4v) is 6.51. The van der Waals surface area contributed by atoms with E-state index in [0.29, 0.717) is 39.2 Å². The number of fused-ring (bicyclic) bond motifs is 2. The van der Waals surface area contributed by atoms with Gasteiger partial charge in [0.15, 0.2) is 11.5 Å². The summed E-state index contributed by atoms with van der Waals surface area (Å²) in [4.78, 5) is 17.7. The van der Waals surface area contributed by atoms with Gasteiger partial charge in [0, 0.05) is 36.6 Å². The highest BCUT2D eigenvalue weighted by molar-refractivity contribution is 7.88. The van der Waals surface area contributed by atoms with Gasteiger partial charge in [0.2, 0.25) is 10.0 Å². The molecule has 0 bridgehead atoms. The molecule has 1 aliphatic carbocycles. The van der Waals surface area contributed by atoms with Gasteiger partial charge >= 0.3 is 0 Å². The van der Waals surface area contributed by atoms with Crippen molar-refractivity contribution in [2.45, 2.75) is 38.8 Å². The zero-order valence-electron chi connectivity index (χ0n) is 24.8. The highest BCUT2D eigenvalue weighted by Crippen LogP contribution is 2.33. The highest BCUT2D eigenvalue weighted by atomic mass is 32.2. The number of nitrogens with zero attached hydrogens (tertiary/aromatic N) is 4. The first-order chi connectivity index (χ1) is 21.8. The molecule has 1 aliphatic rings. The summed E-state index contributed by atoms with van der Waals surface area (Å²) in [5, 5.41) is 11.2. The van der Waals surface area contributed by atoms with Crippen LogP contribution in [0.15, 0.2) is 67.0 Å². The fraction of sp³-hybridized carbons (Fsp3) is 0.273. The van der Waals surface area contributed by atoms with Crippen LogP contribution >= 0.6 is 0 Å². The third-order valence-electron chi connectivity index (χ3n) is 8.28. The number of H-pyrrole nitrogens is 2. The maximum Gasteiger partial charge on any atom is 0.209 e. The summed E-state index contributed by atoms with van der Waals surface area (Å²) in [6.45, 7) is 1.78. The standard InChI is InChI=1S/C33H33FN8O2S/c1-45(43,44)37-18-21-11-23(14-25(34)13-21)26-7-4-8-28-30(26)40-33(39-28)32-31-29(41-42-32)10-9-27(38-31)24-12-22(17-36-19-24)16-35-15-20-5-2-3-6-20/h4,7-14,17,19-20,35,37H,2-3,5-6,15-16,18H2,1H3,(H,39,40)(H,41,42). The van der Waals surface area contributed by atoms with Gasteiger partial charge in [0.05, 0.1) is 28.5 Å². The largest absolute Gasteiger partial charge is 0.336 e. The van der Waals surface area contributed by atoms with E-state index >= 15 is 0 Å². The minimum absolute atomic E-state index is 0.0198. The Morgan fingerprint density at radius 3 is 2.60 bits per heavy atom. The number of rotatable bonds is 10. The number of hydrogen-bond acceptors (Lipinski definition) is 7. The Morgan fingerprint density at radius 2 is 1.76 bits per heavy atom. The molecule has 4 aromatic heterocycles. The minimum Gasteiger partial charge on any atom is -0.336 e. The second-order valence-corrected chi connectivity index (χ2v) is 13.6. The van der Waals surface area contributed by atoms with Crippen molar-refractivity contribution in [3.63, 3.8) is 0 Å². The number of sulfonamides is 1. The van der Waals surface area contributed by atoms with E-state index < -0.39 is 15.8 Å². The zero-order valence-corrected chi connectivity index (χ0v) is 25.6. The number of aromatic amines is 2. The monoisotopic (exact) mass is 624 g/mol. The van der Waals surface area contributed by atoms with E-state index in [1.165, 1.54) is 37.8 Å². The number of imidazole rings is 1. The average molecular weight is 625 g/mol. The molecular formula is C33H33FN8O2S. The molecule has 0 amide bonds. The van der Waals surface area contributed by atoms with Crippen molar-refractivity contribution in [3.05, 3.63) is 83.9 Å². The van der Waals surface area contributed by atoms with Crippen LogP contribution in [-0.2, 0) is 23.1 Å². The Kier molecular flexibility index (Phi) is 7.86. The number of hydrogen-bond donors (Lipinski definition) is 4. The van der Waals surface area contributed by atoms with Crippen molar-refractivity contribution < 1.29 is 12.8 Å². The van der Waals surface area contributed by atoms with E-state index in [2.05, 4.69) is 36.3 Å². The number of benzene rings is 2. The second kappa shape index (κ2) is 12.1. The van der Waals surface area contributed by atoms with E-state index in [1.54, 1.807) is 6.07 Å². The number of aromatic nitrogens is 6. The molecule has 2 aromatic carbocycles. The summed E-state index contributed by atoms with van der Waals surface area (Å²) in [6, 6.07) is 16.1. The smallest absolute Gasteiger partial charge is 0.209 e. The van der Waals surface area contributed by atoms with Crippen molar-refractivity contribution in [2.24, 2.45) is 5.92 Å². The van der Waals surface area contributed by atoms with Gasteiger partial charge in [-0.3, -0.25) is 10.1 Å². The number of pyridine rings is 2. The molecule has 6 aromatic rings. The topological polar surface area (TPSA) is 141 Å². The molecule has 1 fully saturated rings. The van der Waals surface area contributed by atoms with Crippen LogP contribution in [0.25, 0.3) is 56.0 Å². The molecule has 1 saturated carbocycles. The van der Waals surface area contributed by atoms with Gasteiger partial charge in [-0.2, -0.15) is 5.10 Å². The normalized spacial score (nSPS) is 14.2. The molecule has 7 rings (SSSR count). The Morgan fingerprint density at radius 1 is 0.911 bits per heavy atom. The summed E-state index contributed by atoms with van der Waals surface area (Å²) in [7, 11) is -3.43. The van der Waals surface area contributed by atoms with Crippen molar-refractivity contribution in [1.82, 2.24) is 40.2 Å². The summed E-state index contributed by atoms with van der Waals surface area (Å²) in [5.41, 5.74) is 7.97. The molecule has 4 N–H and O–H groups in total. The van der Waals surface area contributed by atoms with E-state index in [9.17, 15) is 12.8 Å². The summed E-state index contributed by atoms with van der Waals surface area (Å²) < 4.78 is 40.2. The molecule has 12 heteroatoms. The molecule has 0 spiro atoms. The molecule has 45 heavy (non-hydrogen) atoms. The summed E-state index contributed by atoms with van der Waals surface area (Å²) in [6.07, 6.45) is 10.1. The minimum atomic E-state index is -3.43. The first-order valence-corrected chi connectivity index (χ1v) is 16.9. The number of halogens is 1. The maximum absolute atomic E-state index is 14.6. The van der Waals surface area contributed by atoms with Crippen LogP contribution in [0.4, 0.5) is 4.39 Å². The van der Waals surface area contributed by atoms with Crippen LogP contribution in [0, 0.1) is 11.7 Å². The third-order valence-corrected chi connectivity index (χ3v) is 8.95. The predicted octanol–water partition coefficient (Wildman–Crippen LogP) is 5.70. The summed E-state index contributed by atoms with van der Waals surface area (Å²) in [5.74, 6) is 0.824. The van der Waals surface area contributed by atoms with Gasteiger partial charge in [-0.25, -0.2) is 27.5 Å². The van der Waals surface area contributed by atoms with E-state index in [1.807, 2.05) is 42.7 Å². The van der Waals surface area contributed by atoms with Crippen LogP contribution < -0.4 is 10.0 Å². The van der Waals surface area contributed by atoms with Crippen molar-refractivity contribution in [1.29, 1.82) is 0 Å². The van der Waals surface area contributed by atoms with Crippen LogP contribution in [0.1, 0.15) is 36.8 Å². The van der Waals surface area contributed by atoms with Crippen LogP contribution in [0.5, 0.6) is 0 Å². The fourth-order valence-electron chi connectivity index (χ4n) is 6.08. The van der Waals surface area contributed by atoms with Crippen molar-refractivity contribution in [2.75, 3.05) is 12.8 Å². The lowest BCUT2D eigenvalue weighted by molar-refractivity contribution is 0.489. The van der Waals surface area contributed by atoms with Crippen molar-refractivity contribution >= 4 is 32.1 Å². The highest BCUT2D eigenvalue weighted by Gasteiger charge is 2.18. The first kappa shape index (κ1) is 29.2. The molecule has 0 aliphatic heterocycles. The number of para-hydroxylation sites is 1. The lowest BCUT2D eigenvalue weighted by Gasteiger charge is -2.11. The van der Waals surface area contributed by atoms with Gasteiger partial charge in [-0.05, 0) is 84.5 Å². The van der Waals surface area contributed by atoms with Crippen LogP contribution in [0.2, 0.25) is 0 Å². The summed E-state index contributed by atoms with van der Waals surface area (Å²) >= 11 is 0. The quantitative estimate of drug-likeness (QED) is 0.153. The molecule has 230 valence electrons. The molecule has 10 nitrogen and oxygen atoms in total. The first-order valence-electron chi connectivity index (χ1n) is 15.0. The molecule has 0 atom stereocenters. The van der Waals surface area contributed by atoms with Crippen molar-refractivity contribution in [3.8, 4) is 33.9 Å². The van der Waals surface area contributed by atoms with Crippen LogP contribution in [-0.4, -0.2) is 51.4 Å². The Labute approximate surface area is 260 Å². The van der Waals surface area contributed by atoms with Crippen LogP contribution in [0.3, 0.4) is 0 Å². The lowest BCUT2D eigenvalue weighted by Crippen LogP contribution is -2.21. The average Bonchev–Trinajstić information content (AvgIpc) is 3.79. The van der Waals surface area contributed by atoms with Gasteiger partial charge in [0.1, 0.15) is 11.3 Å². The van der Waals surface area contributed by atoms with E-state index in [4.69, 9.17) is 9.97 Å². The molecule has 0 radical (unpaired) electrons. The SMILES string of the molecule is CS(=O)(=O)NCc1cc(F)cc(-c2cccc3[nH]c(-c4n[nH]c5ccc(-c6cncc(CNCC7CCCC7)c6)nc45)nc23)c1. The molecule has 0 saturated heterocycles.